The number of aliphatic imine (C=N–C) groups is 1. The van der Waals surface area contributed by atoms with E-state index in [1.54, 1.807) is 20.2 Å². The van der Waals surface area contributed by atoms with Crippen LogP contribution >= 0.6 is 35.6 Å². The van der Waals surface area contributed by atoms with Crippen molar-refractivity contribution in [1.82, 2.24) is 19.9 Å². The minimum atomic E-state index is -3.13. The molecule has 0 aliphatic carbocycles. The topological polar surface area (TPSA) is 89.9 Å². The molecule has 0 bridgehead atoms. The smallest absolute Gasteiger partial charge is 0.213 e. The highest BCUT2D eigenvalue weighted by Crippen LogP contribution is 2.25. The number of aromatic nitrogens is 1. The number of rotatable bonds is 9. The summed E-state index contributed by atoms with van der Waals surface area (Å²) in [6, 6.07) is 3.93. The molecule has 29 heavy (non-hydrogen) atoms. The van der Waals surface area contributed by atoms with Gasteiger partial charge in [-0.15, -0.1) is 24.0 Å². The normalized spacial score (nSPS) is 17.3. The molecule has 2 rings (SSSR count). The summed E-state index contributed by atoms with van der Waals surface area (Å²) in [5.41, 5.74) is 0. The van der Waals surface area contributed by atoms with Gasteiger partial charge in [0.2, 0.25) is 10.0 Å². The molecule has 166 valence electrons. The van der Waals surface area contributed by atoms with Crippen molar-refractivity contribution in [2.45, 2.75) is 32.7 Å². The molecule has 1 unspecified atom stereocenters. The van der Waals surface area contributed by atoms with Gasteiger partial charge >= 0.3 is 0 Å². The van der Waals surface area contributed by atoms with Gasteiger partial charge in [-0.05, 0) is 38.8 Å². The molecular weight excluding hydrogens is 527 g/mol. The van der Waals surface area contributed by atoms with Crippen LogP contribution in [0.2, 0.25) is 5.02 Å². The molecular formula is C18H32ClIN6O2S. The van der Waals surface area contributed by atoms with Crippen molar-refractivity contribution in [3.05, 3.63) is 23.4 Å². The number of halogens is 2. The number of nitrogens with one attached hydrogen (secondary N) is 2. The molecule has 1 saturated heterocycles. The van der Waals surface area contributed by atoms with Crippen molar-refractivity contribution in [2.24, 2.45) is 4.99 Å². The molecule has 1 atom stereocenters. The molecule has 1 aromatic heterocycles. The summed E-state index contributed by atoms with van der Waals surface area (Å²) < 4.78 is 25.0. The second kappa shape index (κ2) is 12.8. The van der Waals surface area contributed by atoms with Crippen LogP contribution in [0.4, 0.5) is 5.82 Å². The largest absolute Gasteiger partial charge is 0.357 e. The first-order valence-corrected chi connectivity index (χ1v) is 11.7. The van der Waals surface area contributed by atoms with Crippen molar-refractivity contribution < 1.29 is 8.42 Å². The minimum Gasteiger partial charge on any atom is -0.357 e. The van der Waals surface area contributed by atoms with Gasteiger partial charge in [-0.25, -0.2) is 17.7 Å². The maximum absolute atomic E-state index is 11.8. The van der Waals surface area contributed by atoms with Crippen LogP contribution in [0.25, 0.3) is 0 Å². The Hall–Kier alpha value is -0.850. The van der Waals surface area contributed by atoms with Gasteiger partial charge in [0, 0.05) is 52.0 Å². The number of anilines is 1. The first kappa shape index (κ1) is 26.2. The standard InChI is InChI=1S/C18H31ClN6O2S.HI/c1-4-20-18(22-11-7-12-24(3)28(26,27)5-2)23-15-9-13-25(14-15)17-16(19)8-6-10-21-17;/h6,8,10,15H,4-5,7,9,11-14H2,1-3H3,(H2,20,22,23);1H. The molecule has 0 spiro atoms. The maximum Gasteiger partial charge on any atom is 0.213 e. The van der Waals surface area contributed by atoms with Crippen LogP contribution in [0.1, 0.15) is 26.7 Å². The predicted octanol–water partition coefficient (Wildman–Crippen LogP) is 2.16. The van der Waals surface area contributed by atoms with Crippen molar-refractivity contribution in [3.63, 3.8) is 0 Å². The van der Waals surface area contributed by atoms with E-state index in [1.165, 1.54) is 4.31 Å². The summed E-state index contributed by atoms with van der Waals surface area (Å²) in [6.45, 7) is 7.15. The highest BCUT2D eigenvalue weighted by Gasteiger charge is 2.25. The molecule has 8 nitrogen and oxygen atoms in total. The Labute approximate surface area is 196 Å². The van der Waals surface area contributed by atoms with E-state index >= 15 is 0 Å². The summed E-state index contributed by atoms with van der Waals surface area (Å²) in [7, 11) is -1.52. The molecule has 0 radical (unpaired) electrons. The number of sulfonamides is 1. The van der Waals surface area contributed by atoms with Crippen molar-refractivity contribution >= 4 is 57.4 Å². The fraction of sp³-hybridized carbons (Fsp3) is 0.667. The Morgan fingerprint density at radius 2 is 2.21 bits per heavy atom. The van der Waals surface area contributed by atoms with E-state index in [1.807, 2.05) is 19.1 Å². The number of hydrogen-bond donors (Lipinski definition) is 2. The van der Waals surface area contributed by atoms with Gasteiger partial charge < -0.3 is 15.5 Å². The monoisotopic (exact) mass is 558 g/mol. The predicted molar refractivity (Wildman–Crippen MR) is 131 cm³/mol. The summed E-state index contributed by atoms with van der Waals surface area (Å²) in [4.78, 5) is 11.1. The Morgan fingerprint density at radius 1 is 1.45 bits per heavy atom. The zero-order chi connectivity index (χ0) is 20.6. The number of pyridine rings is 1. The highest BCUT2D eigenvalue weighted by molar-refractivity contribution is 14.0. The van der Waals surface area contributed by atoms with Crippen LogP contribution in [-0.2, 0) is 10.0 Å². The van der Waals surface area contributed by atoms with E-state index in [2.05, 4.69) is 25.5 Å². The van der Waals surface area contributed by atoms with Crippen molar-refractivity contribution in [2.75, 3.05) is 50.4 Å². The second-order valence-electron chi connectivity index (χ2n) is 6.72. The Bertz CT molecular complexity index is 764. The molecule has 1 fully saturated rings. The number of nitrogens with zero attached hydrogens (tertiary/aromatic N) is 4. The molecule has 0 amide bonds. The van der Waals surface area contributed by atoms with Crippen LogP contribution in [-0.4, -0.2) is 75.2 Å². The van der Waals surface area contributed by atoms with Gasteiger partial charge in [-0.3, -0.25) is 4.99 Å². The zero-order valence-corrected chi connectivity index (χ0v) is 21.2. The van der Waals surface area contributed by atoms with E-state index in [-0.39, 0.29) is 35.8 Å². The third kappa shape index (κ3) is 8.06. The average Bonchev–Trinajstić information content (AvgIpc) is 3.13. The molecule has 1 aliphatic rings. The van der Waals surface area contributed by atoms with Gasteiger partial charge in [-0.1, -0.05) is 11.6 Å². The number of guanidine groups is 1. The first-order valence-electron chi connectivity index (χ1n) is 9.71. The fourth-order valence-electron chi connectivity index (χ4n) is 3.04. The first-order chi connectivity index (χ1) is 13.4. The summed E-state index contributed by atoms with van der Waals surface area (Å²) >= 11 is 6.25. The van der Waals surface area contributed by atoms with Gasteiger partial charge in [0.15, 0.2) is 5.96 Å². The third-order valence-corrected chi connectivity index (χ3v) is 6.81. The van der Waals surface area contributed by atoms with Crippen LogP contribution < -0.4 is 15.5 Å². The Balaban J connectivity index is 0.00000420. The lowest BCUT2D eigenvalue weighted by Gasteiger charge is -2.20. The molecule has 2 N–H and O–H groups in total. The Morgan fingerprint density at radius 3 is 2.86 bits per heavy atom. The van der Waals surface area contributed by atoms with Crippen LogP contribution in [0.15, 0.2) is 23.3 Å². The quantitative estimate of drug-likeness (QED) is 0.209. The highest BCUT2D eigenvalue weighted by atomic mass is 127. The lowest BCUT2D eigenvalue weighted by atomic mass is 10.3. The minimum absolute atomic E-state index is 0. The molecule has 0 aromatic carbocycles. The van der Waals surface area contributed by atoms with Crippen LogP contribution in [0, 0.1) is 0 Å². The summed E-state index contributed by atoms with van der Waals surface area (Å²) in [5, 5.41) is 7.37. The third-order valence-electron chi connectivity index (χ3n) is 4.65. The summed E-state index contributed by atoms with van der Waals surface area (Å²) in [5.74, 6) is 1.69. The summed E-state index contributed by atoms with van der Waals surface area (Å²) in [6.07, 6.45) is 3.39. The SMILES string of the molecule is CCNC(=NCCCN(C)S(=O)(=O)CC)NC1CCN(c2ncccc2Cl)C1.I. The fourth-order valence-corrected chi connectivity index (χ4v) is 4.13. The lowest BCUT2D eigenvalue weighted by molar-refractivity contribution is 0.464. The zero-order valence-electron chi connectivity index (χ0n) is 17.3. The molecule has 11 heteroatoms. The van der Waals surface area contributed by atoms with E-state index in [0.29, 0.717) is 24.5 Å². The van der Waals surface area contributed by atoms with E-state index < -0.39 is 10.0 Å². The van der Waals surface area contributed by atoms with Crippen molar-refractivity contribution in [1.29, 1.82) is 0 Å². The molecule has 1 aromatic rings. The second-order valence-corrected chi connectivity index (χ2v) is 9.49. The van der Waals surface area contributed by atoms with Crippen LogP contribution in [0.5, 0.6) is 0 Å². The lowest BCUT2D eigenvalue weighted by Crippen LogP contribution is -2.44. The van der Waals surface area contributed by atoms with Gasteiger partial charge in [0.25, 0.3) is 0 Å². The van der Waals surface area contributed by atoms with Gasteiger partial charge in [0.05, 0.1) is 10.8 Å². The van der Waals surface area contributed by atoms with Gasteiger partial charge in [-0.2, -0.15) is 0 Å². The molecule has 0 saturated carbocycles. The van der Waals surface area contributed by atoms with Crippen molar-refractivity contribution in [3.8, 4) is 0 Å². The average molecular weight is 559 g/mol. The number of hydrogen-bond acceptors (Lipinski definition) is 5. The van der Waals surface area contributed by atoms with E-state index in [4.69, 9.17) is 11.6 Å². The van der Waals surface area contributed by atoms with E-state index in [0.717, 1.165) is 37.8 Å². The van der Waals surface area contributed by atoms with Crippen LogP contribution in [0.3, 0.4) is 0 Å². The molecule has 2 heterocycles. The molecule has 1 aliphatic heterocycles. The Kier molecular flexibility index (Phi) is 11.5. The maximum atomic E-state index is 11.8. The van der Waals surface area contributed by atoms with Gasteiger partial charge in [0.1, 0.15) is 5.82 Å². The van der Waals surface area contributed by atoms with E-state index in [9.17, 15) is 8.42 Å².